The molecule has 4 saturated carbocycles. The van der Waals surface area contributed by atoms with Crippen molar-refractivity contribution in [2.24, 2.45) is 23.2 Å². The van der Waals surface area contributed by atoms with E-state index >= 15 is 0 Å². The van der Waals surface area contributed by atoms with Crippen molar-refractivity contribution in [3.8, 4) is 5.75 Å². The van der Waals surface area contributed by atoms with Gasteiger partial charge in [0.2, 0.25) is 5.91 Å². The lowest BCUT2D eigenvalue weighted by Crippen LogP contribution is -2.51. The van der Waals surface area contributed by atoms with Crippen molar-refractivity contribution in [3.05, 3.63) is 24.3 Å². The van der Waals surface area contributed by atoms with E-state index in [1.54, 1.807) is 0 Å². The summed E-state index contributed by atoms with van der Waals surface area (Å²) in [6.07, 6.45) is 7.30. The minimum absolute atomic E-state index is 0.132. The van der Waals surface area contributed by atoms with Crippen LogP contribution in [-0.2, 0) is 9.53 Å². The summed E-state index contributed by atoms with van der Waals surface area (Å²) in [5, 5.41) is 3.20. The molecule has 1 aromatic rings. The predicted octanol–water partition coefficient (Wildman–Crippen LogP) is 4.26. The molecule has 1 N–H and O–H groups in total. The summed E-state index contributed by atoms with van der Waals surface area (Å²) in [6, 6.07) is 7.75. The predicted molar refractivity (Wildman–Crippen MR) is 97.7 cm³/mol. The summed E-state index contributed by atoms with van der Waals surface area (Å²) in [6.45, 7) is 3.72. The third-order valence-corrected chi connectivity index (χ3v) is 6.34. The minimum Gasteiger partial charge on any atom is -0.489 e. The van der Waals surface area contributed by atoms with Gasteiger partial charge >= 0.3 is 0 Å². The Labute approximate surface area is 150 Å². The van der Waals surface area contributed by atoms with Crippen molar-refractivity contribution < 1.29 is 14.3 Å². The Bertz CT molecular complexity index is 592. The zero-order valence-electron chi connectivity index (χ0n) is 15.1. The van der Waals surface area contributed by atoms with Gasteiger partial charge in [0.25, 0.3) is 0 Å². The van der Waals surface area contributed by atoms with Crippen LogP contribution in [0.1, 0.15) is 45.4 Å². The topological polar surface area (TPSA) is 47.6 Å². The largest absolute Gasteiger partial charge is 0.489 e. The standard InChI is InChI=1S/C21H29NO3/c1-2-24-7-8-25-19-6-4-3-5-18(19)22-20(23)21-12-15-9-16(13-21)11-17(10-15)14-21/h3-6,15-17H,2,7-14H2,1H3,(H,22,23). The van der Waals surface area contributed by atoms with Crippen molar-refractivity contribution in [3.63, 3.8) is 0 Å². The van der Waals surface area contributed by atoms with Gasteiger partial charge in [-0.05, 0) is 75.3 Å². The Morgan fingerprint density at radius 3 is 2.36 bits per heavy atom. The lowest BCUT2D eigenvalue weighted by Gasteiger charge is -2.55. The molecule has 0 spiro atoms. The zero-order valence-corrected chi connectivity index (χ0v) is 15.1. The number of nitrogens with one attached hydrogen (secondary N) is 1. The van der Waals surface area contributed by atoms with E-state index in [1.807, 2.05) is 31.2 Å². The summed E-state index contributed by atoms with van der Waals surface area (Å²) in [7, 11) is 0. The molecule has 0 aromatic heterocycles. The van der Waals surface area contributed by atoms with Crippen molar-refractivity contribution in [1.29, 1.82) is 0 Å². The number of para-hydroxylation sites is 2. The quantitative estimate of drug-likeness (QED) is 0.753. The van der Waals surface area contributed by atoms with Gasteiger partial charge in [0, 0.05) is 6.61 Å². The zero-order chi connectivity index (χ0) is 17.3. The molecule has 0 saturated heterocycles. The van der Waals surface area contributed by atoms with Gasteiger partial charge in [0.05, 0.1) is 17.7 Å². The molecule has 4 bridgehead atoms. The molecule has 1 amide bonds. The fraction of sp³-hybridized carbons (Fsp3) is 0.667. The Kier molecular flexibility index (Phi) is 4.72. The molecular weight excluding hydrogens is 314 g/mol. The molecule has 4 fully saturated rings. The van der Waals surface area contributed by atoms with Gasteiger partial charge in [0.1, 0.15) is 12.4 Å². The highest BCUT2D eigenvalue weighted by molar-refractivity contribution is 5.96. The van der Waals surface area contributed by atoms with Gasteiger partial charge in [0.15, 0.2) is 0 Å². The van der Waals surface area contributed by atoms with Crippen LogP contribution in [0.3, 0.4) is 0 Å². The molecule has 0 unspecified atom stereocenters. The minimum atomic E-state index is -0.132. The first-order valence-electron chi connectivity index (χ1n) is 9.79. The molecule has 136 valence electrons. The highest BCUT2D eigenvalue weighted by Crippen LogP contribution is 2.60. The number of ether oxygens (including phenoxy) is 2. The second kappa shape index (κ2) is 6.99. The van der Waals surface area contributed by atoms with Crippen LogP contribution in [0.15, 0.2) is 24.3 Å². The monoisotopic (exact) mass is 343 g/mol. The van der Waals surface area contributed by atoms with Gasteiger partial charge in [-0.2, -0.15) is 0 Å². The van der Waals surface area contributed by atoms with Gasteiger partial charge in [-0.25, -0.2) is 0 Å². The first-order valence-corrected chi connectivity index (χ1v) is 9.79. The van der Waals surface area contributed by atoms with Crippen molar-refractivity contribution in [2.45, 2.75) is 45.4 Å². The molecule has 4 nitrogen and oxygen atoms in total. The van der Waals surface area contributed by atoms with E-state index in [9.17, 15) is 4.79 Å². The maximum atomic E-state index is 13.2. The molecular formula is C21H29NO3. The summed E-state index contributed by atoms with van der Waals surface area (Å²) in [5.41, 5.74) is 0.660. The summed E-state index contributed by atoms with van der Waals surface area (Å²) in [5.74, 6) is 3.27. The third kappa shape index (κ3) is 3.41. The van der Waals surface area contributed by atoms with Crippen molar-refractivity contribution in [2.75, 3.05) is 25.1 Å². The molecule has 4 aliphatic rings. The number of hydrogen-bond acceptors (Lipinski definition) is 3. The molecule has 0 heterocycles. The normalized spacial score (nSPS) is 32.6. The fourth-order valence-corrected chi connectivity index (χ4v) is 5.69. The molecule has 4 aliphatic carbocycles. The van der Waals surface area contributed by atoms with Crippen LogP contribution >= 0.6 is 0 Å². The molecule has 5 rings (SSSR count). The fourth-order valence-electron chi connectivity index (χ4n) is 5.69. The summed E-state index contributed by atoms with van der Waals surface area (Å²) < 4.78 is 11.1. The number of carbonyl (C=O) groups is 1. The number of rotatable bonds is 7. The van der Waals surface area contributed by atoms with E-state index < -0.39 is 0 Å². The van der Waals surface area contributed by atoms with Gasteiger partial charge < -0.3 is 14.8 Å². The lowest BCUT2D eigenvalue weighted by atomic mass is 9.49. The first kappa shape index (κ1) is 16.9. The number of benzene rings is 1. The van der Waals surface area contributed by atoms with Gasteiger partial charge in [-0.1, -0.05) is 12.1 Å². The molecule has 4 heteroatoms. The number of amides is 1. The third-order valence-electron chi connectivity index (χ3n) is 6.34. The smallest absolute Gasteiger partial charge is 0.230 e. The Balaban J connectivity index is 1.44. The van der Waals surface area contributed by atoms with Crippen molar-refractivity contribution in [1.82, 2.24) is 0 Å². The van der Waals surface area contributed by atoms with Crippen LogP contribution in [0.25, 0.3) is 0 Å². The second-order valence-corrected chi connectivity index (χ2v) is 8.19. The number of hydrogen-bond donors (Lipinski definition) is 1. The van der Waals surface area contributed by atoms with E-state index in [0.29, 0.717) is 19.8 Å². The Morgan fingerprint density at radius 2 is 1.72 bits per heavy atom. The molecule has 1 aromatic carbocycles. The Morgan fingerprint density at radius 1 is 1.08 bits per heavy atom. The van der Waals surface area contributed by atoms with Crippen LogP contribution in [0.4, 0.5) is 5.69 Å². The van der Waals surface area contributed by atoms with Crippen LogP contribution in [0.5, 0.6) is 5.75 Å². The lowest BCUT2D eigenvalue weighted by molar-refractivity contribution is -0.140. The summed E-state index contributed by atoms with van der Waals surface area (Å²) in [4.78, 5) is 13.2. The molecule has 0 atom stereocenters. The second-order valence-electron chi connectivity index (χ2n) is 8.19. The average Bonchev–Trinajstić information content (AvgIpc) is 2.59. The SMILES string of the molecule is CCOCCOc1ccccc1NC(=O)C12CC3CC(CC(C3)C1)C2. The van der Waals surface area contributed by atoms with E-state index in [2.05, 4.69) is 5.32 Å². The molecule has 25 heavy (non-hydrogen) atoms. The average molecular weight is 343 g/mol. The van der Waals surface area contributed by atoms with E-state index in [-0.39, 0.29) is 11.3 Å². The number of carbonyl (C=O) groups excluding carboxylic acids is 1. The highest BCUT2D eigenvalue weighted by atomic mass is 16.5. The van der Waals surface area contributed by atoms with Crippen LogP contribution < -0.4 is 10.1 Å². The van der Waals surface area contributed by atoms with E-state index in [1.165, 1.54) is 19.3 Å². The number of anilines is 1. The Hall–Kier alpha value is -1.55. The van der Waals surface area contributed by atoms with E-state index in [0.717, 1.165) is 48.5 Å². The van der Waals surface area contributed by atoms with Crippen LogP contribution in [-0.4, -0.2) is 25.7 Å². The maximum Gasteiger partial charge on any atom is 0.230 e. The van der Waals surface area contributed by atoms with Crippen LogP contribution in [0, 0.1) is 23.2 Å². The van der Waals surface area contributed by atoms with Gasteiger partial charge in [-0.15, -0.1) is 0 Å². The summed E-state index contributed by atoms with van der Waals surface area (Å²) >= 11 is 0. The van der Waals surface area contributed by atoms with Crippen LogP contribution in [0.2, 0.25) is 0 Å². The molecule has 0 radical (unpaired) electrons. The van der Waals surface area contributed by atoms with E-state index in [4.69, 9.17) is 9.47 Å². The maximum absolute atomic E-state index is 13.2. The molecule has 0 aliphatic heterocycles. The highest BCUT2D eigenvalue weighted by Gasteiger charge is 2.54. The first-order chi connectivity index (χ1) is 12.2. The van der Waals surface area contributed by atoms with Crippen molar-refractivity contribution >= 4 is 11.6 Å². The van der Waals surface area contributed by atoms with Gasteiger partial charge in [-0.3, -0.25) is 4.79 Å².